The monoisotopic (exact) mass is 393 g/mol. The second kappa shape index (κ2) is 7.48. The SMILES string of the molecule is CN(C)CCc1nc(-c2ccc(F)c(C(=O)O)c2)c(-c2ccnc3[nH]ccc23)[nH]1. The molecule has 0 spiro atoms. The van der Waals surface area contributed by atoms with Crippen molar-refractivity contribution in [3.63, 3.8) is 0 Å². The van der Waals surface area contributed by atoms with E-state index < -0.39 is 11.8 Å². The highest BCUT2D eigenvalue weighted by molar-refractivity contribution is 5.96. The second-order valence-electron chi connectivity index (χ2n) is 7.06. The lowest BCUT2D eigenvalue weighted by Crippen LogP contribution is -2.15. The zero-order chi connectivity index (χ0) is 20.5. The van der Waals surface area contributed by atoms with E-state index in [1.54, 1.807) is 12.3 Å². The van der Waals surface area contributed by atoms with Gasteiger partial charge in [-0.05, 0) is 44.4 Å². The number of rotatable bonds is 6. The first-order chi connectivity index (χ1) is 13.9. The Morgan fingerprint density at radius 2 is 2.07 bits per heavy atom. The summed E-state index contributed by atoms with van der Waals surface area (Å²) in [7, 11) is 3.96. The van der Waals surface area contributed by atoms with Crippen LogP contribution in [0.15, 0.2) is 42.7 Å². The van der Waals surface area contributed by atoms with E-state index in [2.05, 4.69) is 19.9 Å². The first kappa shape index (κ1) is 18.8. The minimum Gasteiger partial charge on any atom is -0.478 e. The molecule has 0 atom stereocenters. The number of benzene rings is 1. The van der Waals surface area contributed by atoms with Crippen LogP contribution in [0.4, 0.5) is 4.39 Å². The molecule has 4 rings (SSSR count). The average molecular weight is 393 g/mol. The Balaban J connectivity index is 1.90. The Bertz CT molecular complexity index is 1190. The smallest absolute Gasteiger partial charge is 0.338 e. The molecular formula is C21H20FN5O2. The third-order valence-electron chi connectivity index (χ3n) is 4.75. The molecule has 0 amide bonds. The van der Waals surface area contributed by atoms with Crippen LogP contribution in [0.2, 0.25) is 0 Å². The van der Waals surface area contributed by atoms with E-state index in [-0.39, 0.29) is 5.56 Å². The van der Waals surface area contributed by atoms with Crippen LogP contribution in [0.1, 0.15) is 16.2 Å². The van der Waals surface area contributed by atoms with Crippen LogP contribution < -0.4 is 0 Å². The van der Waals surface area contributed by atoms with Gasteiger partial charge in [0.2, 0.25) is 0 Å². The van der Waals surface area contributed by atoms with Crippen LogP contribution in [0.5, 0.6) is 0 Å². The number of carboxylic acid groups (broad SMARTS) is 1. The average Bonchev–Trinajstić information content (AvgIpc) is 3.33. The fourth-order valence-electron chi connectivity index (χ4n) is 3.29. The van der Waals surface area contributed by atoms with Crippen molar-refractivity contribution in [1.29, 1.82) is 0 Å². The molecule has 0 radical (unpaired) electrons. The fraction of sp³-hybridized carbons (Fsp3) is 0.190. The molecule has 8 heteroatoms. The molecule has 0 fully saturated rings. The Kier molecular flexibility index (Phi) is 4.85. The number of aromatic carboxylic acids is 1. The Hall–Kier alpha value is -3.52. The standard InChI is InChI=1S/C21H20FN5O2/c1-27(2)10-7-17-25-18(12-3-4-16(22)15(11-12)21(28)29)19(26-17)13-5-8-23-20-14(13)6-9-24-20/h3-6,8-9,11H,7,10H2,1-2H3,(H,23,24)(H,25,26)(H,28,29). The molecule has 3 heterocycles. The van der Waals surface area contributed by atoms with E-state index in [1.165, 1.54) is 6.07 Å². The van der Waals surface area contributed by atoms with E-state index >= 15 is 0 Å². The molecule has 3 N–H and O–H groups in total. The number of hydrogen-bond donors (Lipinski definition) is 3. The molecule has 3 aromatic heterocycles. The maximum absolute atomic E-state index is 13.9. The molecule has 7 nitrogen and oxygen atoms in total. The van der Waals surface area contributed by atoms with Gasteiger partial charge in [0.15, 0.2) is 0 Å². The number of likely N-dealkylation sites (N-methyl/N-ethyl adjacent to an activating group) is 1. The number of fused-ring (bicyclic) bond motifs is 1. The van der Waals surface area contributed by atoms with Crippen molar-refractivity contribution >= 4 is 17.0 Å². The highest BCUT2D eigenvalue weighted by atomic mass is 19.1. The summed E-state index contributed by atoms with van der Waals surface area (Å²) in [6, 6.07) is 7.84. The van der Waals surface area contributed by atoms with Gasteiger partial charge in [0.1, 0.15) is 17.3 Å². The fourth-order valence-corrected chi connectivity index (χ4v) is 3.29. The highest BCUT2D eigenvalue weighted by Gasteiger charge is 2.19. The minimum absolute atomic E-state index is 0.382. The molecule has 0 saturated carbocycles. The van der Waals surface area contributed by atoms with Crippen molar-refractivity contribution in [3.8, 4) is 22.5 Å². The molecular weight excluding hydrogens is 373 g/mol. The summed E-state index contributed by atoms with van der Waals surface area (Å²) in [5.41, 5.74) is 3.10. The predicted molar refractivity (Wildman–Crippen MR) is 108 cm³/mol. The molecule has 0 aliphatic rings. The van der Waals surface area contributed by atoms with Gasteiger partial charge in [0, 0.05) is 41.9 Å². The van der Waals surface area contributed by atoms with E-state index in [0.717, 1.165) is 40.7 Å². The van der Waals surface area contributed by atoms with Crippen molar-refractivity contribution in [2.45, 2.75) is 6.42 Å². The molecule has 0 bridgehead atoms. The summed E-state index contributed by atoms with van der Waals surface area (Å²) in [6.45, 7) is 0.798. The summed E-state index contributed by atoms with van der Waals surface area (Å²) in [6.07, 6.45) is 4.20. The van der Waals surface area contributed by atoms with Gasteiger partial charge >= 0.3 is 5.97 Å². The maximum Gasteiger partial charge on any atom is 0.338 e. The summed E-state index contributed by atoms with van der Waals surface area (Å²) >= 11 is 0. The van der Waals surface area contributed by atoms with E-state index in [9.17, 15) is 14.3 Å². The summed E-state index contributed by atoms with van der Waals surface area (Å²) in [5.74, 6) is -1.32. The van der Waals surface area contributed by atoms with Gasteiger partial charge in [-0.15, -0.1) is 0 Å². The lowest BCUT2D eigenvalue weighted by molar-refractivity contribution is 0.0692. The maximum atomic E-state index is 13.9. The lowest BCUT2D eigenvalue weighted by atomic mass is 10.0. The molecule has 0 saturated heterocycles. The van der Waals surface area contributed by atoms with E-state index in [4.69, 9.17) is 4.98 Å². The normalized spacial score (nSPS) is 11.4. The van der Waals surface area contributed by atoms with Crippen molar-refractivity contribution in [3.05, 3.63) is 59.9 Å². The Morgan fingerprint density at radius 3 is 2.83 bits per heavy atom. The van der Waals surface area contributed by atoms with Crippen LogP contribution in [-0.2, 0) is 6.42 Å². The second-order valence-corrected chi connectivity index (χ2v) is 7.06. The van der Waals surface area contributed by atoms with Crippen LogP contribution in [0.25, 0.3) is 33.5 Å². The summed E-state index contributed by atoms with van der Waals surface area (Å²) in [4.78, 5) is 29.0. The summed E-state index contributed by atoms with van der Waals surface area (Å²) in [5, 5.41) is 10.2. The zero-order valence-corrected chi connectivity index (χ0v) is 16.0. The molecule has 148 valence electrons. The van der Waals surface area contributed by atoms with Crippen molar-refractivity contribution in [1.82, 2.24) is 24.8 Å². The van der Waals surface area contributed by atoms with Gasteiger partial charge in [-0.3, -0.25) is 0 Å². The van der Waals surface area contributed by atoms with Gasteiger partial charge in [-0.1, -0.05) is 0 Å². The van der Waals surface area contributed by atoms with Crippen LogP contribution in [0.3, 0.4) is 0 Å². The molecule has 29 heavy (non-hydrogen) atoms. The van der Waals surface area contributed by atoms with E-state index in [1.807, 2.05) is 32.4 Å². The topological polar surface area (TPSA) is 97.9 Å². The number of nitrogens with zero attached hydrogens (tertiary/aromatic N) is 3. The highest BCUT2D eigenvalue weighted by Crippen LogP contribution is 2.34. The van der Waals surface area contributed by atoms with Crippen LogP contribution in [0, 0.1) is 5.82 Å². The van der Waals surface area contributed by atoms with Gasteiger partial charge < -0.3 is 20.0 Å². The lowest BCUT2D eigenvalue weighted by Gasteiger charge is -2.06. The molecule has 4 aromatic rings. The van der Waals surface area contributed by atoms with Crippen molar-refractivity contribution in [2.75, 3.05) is 20.6 Å². The van der Waals surface area contributed by atoms with E-state index in [0.29, 0.717) is 17.7 Å². The molecule has 0 aliphatic heterocycles. The number of H-pyrrole nitrogens is 2. The minimum atomic E-state index is -1.31. The zero-order valence-electron chi connectivity index (χ0n) is 16.0. The number of pyridine rings is 1. The third kappa shape index (κ3) is 3.62. The number of nitrogens with one attached hydrogen (secondary N) is 2. The van der Waals surface area contributed by atoms with Gasteiger partial charge in [0.25, 0.3) is 0 Å². The van der Waals surface area contributed by atoms with Crippen molar-refractivity contribution < 1.29 is 14.3 Å². The number of carboxylic acids is 1. The number of aromatic amines is 2. The van der Waals surface area contributed by atoms with Gasteiger partial charge in [0.05, 0.1) is 17.0 Å². The molecule has 0 unspecified atom stereocenters. The first-order valence-electron chi connectivity index (χ1n) is 9.13. The first-order valence-corrected chi connectivity index (χ1v) is 9.13. The summed E-state index contributed by atoms with van der Waals surface area (Å²) < 4.78 is 13.9. The van der Waals surface area contributed by atoms with Gasteiger partial charge in [-0.2, -0.15) is 0 Å². The predicted octanol–water partition coefficient (Wildman–Crippen LogP) is 3.56. The van der Waals surface area contributed by atoms with Gasteiger partial charge in [-0.25, -0.2) is 19.2 Å². The number of aromatic nitrogens is 4. The Morgan fingerprint density at radius 1 is 1.24 bits per heavy atom. The van der Waals surface area contributed by atoms with Crippen LogP contribution >= 0.6 is 0 Å². The largest absolute Gasteiger partial charge is 0.478 e. The number of imidazole rings is 1. The quantitative estimate of drug-likeness (QED) is 0.465. The number of carbonyl (C=O) groups is 1. The van der Waals surface area contributed by atoms with Crippen molar-refractivity contribution in [2.24, 2.45) is 0 Å². The Labute approximate surface area is 166 Å². The number of halogens is 1. The third-order valence-corrected chi connectivity index (χ3v) is 4.75. The molecule has 0 aliphatic carbocycles. The number of hydrogen-bond acceptors (Lipinski definition) is 4. The van der Waals surface area contributed by atoms with Crippen LogP contribution in [-0.4, -0.2) is 56.6 Å². The molecule has 1 aromatic carbocycles.